The number of hydrogen-bond donors (Lipinski definition) is 3. The minimum Gasteiger partial charge on any atom is -0.460 e. The number of carbonyl (C=O) groups is 1. The summed E-state index contributed by atoms with van der Waals surface area (Å²) in [6, 6.07) is 18.1. The van der Waals surface area contributed by atoms with E-state index in [0.717, 1.165) is 11.1 Å². The minimum atomic E-state index is -0.775. The molecule has 2 aromatic carbocycles. The van der Waals surface area contributed by atoms with E-state index in [1.54, 1.807) is 0 Å². The van der Waals surface area contributed by atoms with Crippen molar-refractivity contribution in [2.24, 2.45) is 17.4 Å². The summed E-state index contributed by atoms with van der Waals surface area (Å²) in [5, 5.41) is 10.7. The van der Waals surface area contributed by atoms with Crippen molar-refractivity contribution in [2.45, 2.75) is 57.4 Å². The van der Waals surface area contributed by atoms with E-state index in [9.17, 15) is 9.90 Å². The first kappa shape index (κ1) is 22.1. The van der Waals surface area contributed by atoms with Crippen LogP contribution in [0.25, 0.3) is 0 Å². The molecule has 0 spiro atoms. The Bertz CT molecular complexity index is 729. The molecule has 0 radical (unpaired) electrons. The van der Waals surface area contributed by atoms with Gasteiger partial charge in [0.15, 0.2) is 0 Å². The molecule has 2 rings (SSSR count). The Morgan fingerprint density at radius 3 is 1.93 bits per heavy atom. The van der Waals surface area contributed by atoms with Crippen molar-refractivity contribution < 1.29 is 14.6 Å². The standard InChI is InChI=1S/C23H32N2O3/c1-23(2,3)28-22(27)19(21(25)17-12-8-5-9-13-17)14-18(26)15-20(24)16-10-6-4-7-11-16/h4-13,18-21,26H,14-15,24-25H2,1-3H3. The number of benzene rings is 2. The van der Waals surface area contributed by atoms with Crippen molar-refractivity contribution in [2.75, 3.05) is 0 Å². The first-order valence-electron chi connectivity index (χ1n) is 9.69. The van der Waals surface area contributed by atoms with Gasteiger partial charge in [-0.3, -0.25) is 4.79 Å². The maximum absolute atomic E-state index is 12.8. The largest absolute Gasteiger partial charge is 0.460 e. The second kappa shape index (κ2) is 9.82. The van der Waals surface area contributed by atoms with E-state index in [4.69, 9.17) is 16.2 Å². The highest BCUT2D eigenvalue weighted by atomic mass is 16.6. The summed E-state index contributed by atoms with van der Waals surface area (Å²) in [6.45, 7) is 5.45. The Morgan fingerprint density at radius 2 is 1.43 bits per heavy atom. The highest BCUT2D eigenvalue weighted by Gasteiger charge is 2.33. The molecule has 4 unspecified atom stereocenters. The lowest BCUT2D eigenvalue weighted by Crippen LogP contribution is -2.37. The summed E-state index contributed by atoms with van der Waals surface area (Å²) in [7, 11) is 0. The van der Waals surface area contributed by atoms with Crippen LogP contribution in [0.15, 0.2) is 60.7 Å². The van der Waals surface area contributed by atoms with Crippen molar-refractivity contribution in [3.8, 4) is 0 Å². The molecule has 0 fully saturated rings. The van der Waals surface area contributed by atoms with E-state index in [1.165, 1.54) is 0 Å². The summed E-state index contributed by atoms with van der Waals surface area (Å²) in [4.78, 5) is 12.8. The maximum atomic E-state index is 12.8. The molecule has 2 aromatic rings. The van der Waals surface area contributed by atoms with Gasteiger partial charge in [0, 0.05) is 12.1 Å². The lowest BCUT2D eigenvalue weighted by molar-refractivity contribution is -0.162. The van der Waals surface area contributed by atoms with Gasteiger partial charge in [-0.1, -0.05) is 60.7 Å². The molecule has 152 valence electrons. The average molecular weight is 385 g/mol. The van der Waals surface area contributed by atoms with Gasteiger partial charge >= 0.3 is 5.97 Å². The van der Waals surface area contributed by atoms with Crippen LogP contribution in [0.5, 0.6) is 0 Å². The average Bonchev–Trinajstić information content (AvgIpc) is 2.65. The molecule has 5 N–H and O–H groups in total. The Kier molecular flexibility index (Phi) is 7.75. The SMILES string of the molecule is CC(C)(C)OC(=O)C(CC(O)CC(N)c1ccccc1)C(N)c1ccccc1. The molecular weight excluding hydrogens is 352 g/mol. The predicted molar refractivity (Wildman–Crippen MR) is 111 cm³/mol. The molecule has 0 amide bonds. The van der Waals surface area contributed by atoms with Gasteiger partial charge < -0.3 is 21.3 Å². The Balaban J connectivity index is 2.13. The van der Waals surface area contributed by atoms with E-state index < -0.39 is 29.6 Å². The van der Waals surface area contributed by atoms with Crippen molar-refractivity contribution >= 4 is 5.97 Å². The van der Waals surface area contributed by atoms with Crippen LogP contribution < -0.4 is 11.5 Å². The molecule has 0 aliphatic heterocycles. The molecular formula is C23H32N2O3. The van der Waals surface area contributed by atoms with E-state index >= 15 is 0 Å². The van der Waals surface area contributed by atoms with E-state index in [0.29, 0.717) is 6.42 Å². The van der Waals surface area contributed by atoms with E-state index in [1.807, 2.05) is 81.4 Å². The van der Waals surface area contributed by atoms with Crippen molar-refractivity contribution in [3.63, 3.8) is 0 Å². The Labute approximate surface area is 167 Å². The molecule has 0 heterocycles. The van der Waals surface area contributed by atoms with Crippen LogP contribution >= 0.6 is 0 Å². The van der Waals surface area contributed by atoms with E-state index in [2.05, 4.69) is 0 Å². The fraction of sp³-hybridized carbons (Fsp3) is 0.435. The minimum absolute atomic E-state index is 0.186. The molecule has 0 aliphatic rings. The van der Waals surface area contributed by atoms with Crippen LogP contribution in [-0.2, 0) is 9.53 Å². The Hall–Kier alpha value is -2.21. The van der Waals surface area contributed by atoms with Crippen LogP contribution in [0.2, 0.25) is 0 Å². The molecule has 0 aromatic heterocycles. The topological polar surface area (TPSA) is 98.6 Å². The zero-order chi connectivity index (χ0) is 20.7. The Morgan fingerprint density at radius 1 is 0.929 bits per heavy atom. The predicted octanol–water partition coefficient (Wildman–Crippen LogP) is 3.49. The third-order valence-electron chi connectivity index (χ3n) is 4.61. The lowest BCUT2D eigenvalue weighted by Gasteiger charge is -2.29. The first-order chi connectivity index (χ1) is 13.2. The quantitative estimate of drug-likeness (QED) is 0.605. The number of ether oxygens (including phenoxy) is 1. The molecule has 5 nitrogen and oxygen atoms in total. The maximum Gasteiger partial charge on any atom is 0.311 e. The lowest BCUT2D eigenvalue weighted by atomic mass is 9.87. The van der Waals surface area contributed by atoms with Crippen molar-refractivity contribution in [1.29, 1.82) is 0 Å². The number of esters is 1. The zero-order valence-corrected chi connectivity index (χ0v) is 16.9. The van der Waals surface area contributed by atoms with Gasteiger partial charge in [-0.25, -0.2) is 0 Å². The molecule has 0 saturated carbocycles. The number of nitrogens with two attached hydrogens (primary N) is 2. The number of aliphatic hydroxyl groups is 1. The highest BCUT2D eigenvalue weighted by Crippen LogP contribution is 2.29. The number of rotatable bonds is 8. The number of hydrogen-bond acceptors (Lipinski definition) is 5. The fourth-order valence-corrected chi connectivity index (χ4v) is 3.19. The molecule has 0 bridgehead atoms. The van der Waals surface area contributed by atoms with Gasteiger partial charge in [-0.2, -0.15) is 0 Å². The molecule has 4 atom stereocenters. The van der Waals surface area contributed by atoms with Crippen molar-refractivity contribution in [1.82, 2.24) is 0 Å². The number of carbonyl (C=O) groups excluding carboxylic acids is 1. The second-order valence-corrected chi connectivity index (χ2v) is 8.22. The van der Waals surface area contributed by atoms with Gasteiger partial charge in [-0.05, 0) is 44.7 Å². The zero-order valence-electron chi connectivity index (χ0n) is 16.9. The summed E-state index contributed by atoms with van der Waals surface area (Å²) in [5.41, 5.74) is 13.8. The van der Waals surface area contributed by atoms with Gasteiger partial charge in [0.2, 0.25) is 0 Å². The third kappa shape index (κ3) is 6.75. The van der Waals surface area contributed by atoms with Gasteiger partial charge in [0.25, 0.3) is 0 Å². The second-order valence-electron chi connectivity index (χ2n) is 8.22. The van der Waals surface area contributed by atoms with Crippen LogP contribution in [0.3, 0.4) is 0 Å². The summed E-state index contributed by atoms with van der Waals surface area (Å²) >= 11 is 0. The summed E-state index contributed by atoms with van der Waals surface area (Å²) in [6.07, 6.45) is -0.251. The fourth-order valence-electron chi connectivity index (χ4n) is 3.19. The van der Waals surface area contributed by atoms with Gasteiger partial charge in [0.1, 0.15) is 5.60 Å². The molecule has 5 heteroatoms. The monoisotopic (exact) mass is 384 g/mol. The third-order valence-corrected chi connectivity index (χ3v) is 4.61. The smallest absolute Gasteiger partial charge is 0.311 e. The normalized spacial score (nSPS) is 16.1. The number of aliphatic hydroxyl groups excluding tert-OH is 1. The highest BCUT2D eigenvalue weighted by molar-refractivity contribution is 5.74. The van der Waals surface area contributed by atoms with Crippen LogP contribution in [0, 0.1) is 5.92 Å². The molecule has 28 heavy (non-hydrogen) atoms. The molecule has 0 saturated heterocycles. The summed E-state index contributed by atoms with van der Waals surface area (Å²) < 4.78 is 5.57. The summed E-state index contributed by atoms with van der Waals surface area (Å²) in [5.74, 6) is -1.07. The van der Waals surface area contributed by atoms with Crippen molar-refractivity contribution in [3.05, 3.63) is 71.8 Å². The molecule has 0 aliphatic carbocycles. The van der Waals surface area contributed by atoms with Crippen LogP contribution in [0.4, 0.5) is 0 Å². The van der Waals surface area contributed by atoms with Crippen LogP contribution in [0.1, 0.15) is 56.8 Å². The first-order valence-corrected chi connectivity index (χ1v) is 9.69. The van der Waals surface area contributed by atoms with Crippen LogP contribution in [-0.4, -0.2) is 22.8 Å². The van der Waals surface area contributed by atoms with Gasteiger partial charge in [0.05, 0.1) is 12.0 Å². The van der Waals surface area contributed by atoms with E-state index in [-0.39, 0.29) is 12.5 Å². The van der Waals surface area contributed by atoms with Gasteiger partial charge in [-0.15, -0.1) is 0 Å².